The van der Waals surface area contributed by atoms with Gasteiger partial charge < -0.3 is 9.47 Å². The first-order valence-corrected chi connectivity index (χ1v) is 11.1. The Kier molecular flexibility index (Phi) is 6.10. The van der Waals surface area contributed by atoms with Gasteiger partial charge in [0.25, 0.3) is 5.56 Å². The number of rotatable bonds is 5. The number of benzene rings is 2. The zero-order valence-corrected chi connectivity index (χ0v) is 19.2. The van der Waals surface area contributed by atoms with Crippen LogP contribution in [0.1, 0.15) is 36.6 Å². The van der Waals surface area contributed by atoms with Gasteiger partial charge in [0, 0.05) is 0 Å². The lowest BCUT2D eigenvalue weighted by molar-refractivity contribution is -0.139. The highest BCUT2D eigenvalue weighted by atomic mass is 32.1. The van der Waals surface area contributed by atoms with E-state index in [0.29, 0.717) is 26.4 Å². The summed E-state index contributed by atoms with van der Waals surface area (Å²) in [5.74, 6) is 0.223. The lowest BCUT2D eigenvalue weighted by Gasteiger charge is -2.24. The van der Waals surface area contributed by atoms with Gasteiger partial charge in [0.1, 0.15) is 5.75 Å². The summed E-state index contributed by atoms with van der Waals surface area (Å²) < 4.78 is 12.7. The highest BCUT2D eigenvalue weighted by molar-refractivity contribution is 7.07. The van der Waals surface area contributed by atoms with E-state index in [-0.39, 0.29) is 12.2 Å². The van der Waals surface area contributed by atoms with Crippen molar-refractivity contribution in [2.24, 2.45) is 4.99 Å². The number of hydrogen-bond acceptors (Lipinski definition) is 6. The lowest BCUT2D eigenvalue weighted by Crippen LogP contribution is -2.39. The number of allylic oxidation sites excluding steroid dienone is 1. The molecule has 0 spiro atoms. The van der Waals surface area contributed by atoms with Gasteiger partial charge in [-0.15, -0.1) is 0 Å². The second-order valence-corrected chi connectivity index (χ2v) is 8.50. The molecule has 0 unspecified atom stereocenters. The Labute approximate surface area is 189 Å². The van der Waals surface area contributed by atoms with Crippen LogP contribution >= 0.6 is 11.3 Å². The van der Waals surface area contributed by atoms with Gasteiger partial charge in [-0.3, -0.25) is 9.36 Å². The van der Waals surface area contributed by atoms with Crippen molar-refractivity contribution in [2.75, 3.05) is 13.7 Å². The van der Waals surface area contributed by atoms with Crippen molar-refractivity contribution in [1.82, 2.24) is 4.57 Å². The van der Waals surface area contributed by atoms with E-state index in [2.05, 4.69) is 4.99 Å². The monoisotopic (exact) mass is 448 g/mol. The van der Waals surface area contributed by atoms with E-state index >= 15 is 0 Å². The first-order chi connectivity index (χ1) is 15.4. The van der Waals surface area contributed by atoms with Crippen molar-refractivity contribution < 1.29 is 14.3 Å². The minimum Gasteiger partial charge on any atom is -0.497 e. The molecule has 0 aliphatic carbocycles. The third-order valence-corrected chi connectivity index (χ3v) is 6.31. The Bertz CT molecular complexity index is 1360. The van der Waals surface area contributed by atoms with Gasteiger partial charge >= 0.3 is 5.97 Å². The molecule has 1 aliphatic rings. The van der Waals surface area contributed by atoms with Crippen molar-refractivity contribution in [3.8, 4) is 5.75 Å². The van der Waals surface area contributed by atoms with E-state index in [1.807, 2.05) is 61.5 Å². The molecule has 3 aromatic rings. The second-order valence-electron chi connectivity index (χ2n) is 7.49. The number of fused-ring (bicyclic) bond motifs is 1. The molecule has 164 valence electrons. The maximum absolute atomic E-state index is 13.5. The van der Waals surface area contributed by atoms with Crippen LogP contribution in [0, 0.1) is 6.92 Å². The topological polar surface area (TPSA) is 69.9 Å². The van der Waals surface area contributed by atoms with Gasteiger partial charge in [-0.05, 0) is 50.1 Å². The van der Waals surface area contributed by atoms with E-state index in [4.69, 9.17) is 9.47 Å². The Balaban J connectivity index is 1.93. The van der Waals surface area contributed by atoms with Gasteiger partial charge in [0.05, 0.1) is 35.6 Å². The summed E-state index contributed by atoms with van der Waals surface area (Å²) in [5.41, 5.74) is 3.59. The van der Waals surface area contributed by atoms with Gasteiger partial charge in [0.2, 0.25) is 0 Å². The van der Waals surface area contributed by atoms with E-state index in [9.17, 15) is 9.59 Å². The maximum atomic E-state index is 13.5. The Hall–Kier alpha value is -3.45. The zero-order chi connectivity index (χ0) is 22.8. The first-order valence-electron chi connectivity index (χ1n) is 10.3. The molecular formula is C25H24N2O4S. The van der Waals surface area contributed by atoms with Gasteiger partial charge in [-0.2, -0.15) is 0 Å². The smallest absolute Gasteiger partial charge is 0.338 e. The molecule has 2 heterocycles. The Morgan fingerprint density at radius 2 is 1.81 bits per heavy atom. The molecule has 7 heteroatoms. The number of ether oxygens (including phenoxy) is 2. The molecule has 4 rings (SSSR count). The molecule has 6 nitrogen and oxygen atoms in total. The number of thiazole rings is 1. The van der Waals surface area contributed by atoms with Crippen LogP contribution in [0.25, 0.3) is 6.08 Å². The normalized spacial score (nSPS) is 15.9. The van der Waals surface area contributed by atoms with Crippen LogP contribution < -0.4 is 19.6 Å². The maximum Gasteiger partial charge on any atom is 0.338 e. The van der Waals surface area contributed by atoms with Crippen LogP contribution in [0.3, 0.4) is 0 Å². The van der Waals surface area contributed by atoms with Crippen LogP contribution in [0.15, 0.2) is 69.6 Å². The third-order valence-electron chi connectivity index (χ3n) is 5.32. The van der Waals surface area contributed by atoms with Crippen LogP contribution in [-0.4, -0.2) is 24.3 Å². The molecule has 0 amide bonds. The molecule has 1 aromatic heterocycles. The van der Waals surface area contributed by atoms with E-state index < -0.39 is 12.0 Å². The Morgan fingerprint density at radius 1 is 1.12 bits per heavy atom. The minimum atomic E-state index is -0.628. The summed E-state index contributed by atoms with van der Waals surface area (Å²) in [4.78, 5) is 31.5. The second kappa shape index (κ2) is 8.96. The quantitative estimate of drug-likeness (QED) is 0.563. The SMILES string of the molecule is CCOC(=O)C1=C(C)N=c2sc(=Cc3ccc(C)cc3)c(=O)n2[C@@H]1c1ccc(OC)cc1. The van der Waals surface area contributed by atoms with Crippen molar-refractivity contribution in [2.45, 2.75) is 26.8 Å². The summed E-state index contributed by atoms with van der Waals surface area (Å²) >= 11 is 1.32. The summed E-state index contributed by atoms with van der Waals surface area (Å²) in [6, 6.07) is 14.7. The molecule has 0 saturated carbocycles. The average molecular weight is 449 g/mol. The summed E-state index contributed by atoms with van der Waals surface area (Å²) in [7, 11) is 1.59. The van der Waals surface area contributed by atoms with Crippen LogP contribution in [-0.2, 0) is 9.53 Å². The van der Waals surface area contributed by atoms with Crippen molar-refractivity contribution in [3.63, 3.8) is 0 Å². The lowest BCUT2D eigenvalue weighted by atomic mass is 9.96. The van der Waals surface area contributed by atoms with E-state index in [1.54, 1.807) is 25.5 Å². The molecule has 0 fully saturated rings. The predicted octanol–water partition coefficient (Wildman–Crippen LogP) is 3.12. The van der Waals surface area contributed by atoms with Crippen molar-refractivity contribution >= 4 is 23.4 Å². The van der Waals surface area contributed by atoms with Crippen LogP contribution in [0.2, 0.25) is 0 Å². The number of aryl methyl sites for hydroxylation is 1. The average Bonchev–Trinajstić information content (AvgIpc) is 3.09. The highest BCUT2D eigenvalue weighted by Gasteiger charge is 2.33. The van der Waals surface area contributed by atoms with Crippen molar-refractivity contribution in [1.29, 1.82) is 0 Å². The fraction of sp³-hybridized carbons (Fsp3) is 0.240. The molecule has 32 heavy (non-hydrogen) atoms. The fourth-order valence-electron chi connectivity index (χ4n) is 3.71. The zero-order valence-electron chi connectivity index (χ0n) is 18.4. The summed E-state index contributed by atoms with van der Waals surface area (Å²) in [6.07, 6.45) is 1.86. The molecule has 0 N–H and O–H groups in total. The van der Waals surface area contributed by atoms with Gasteiger partial charge in [-0.1, -0.05) is 53.3 Å². The highest BCUT2D eigenvalue weighted by Crippen LogP contribution is 2.31. The largest absolute Gasteiger partial charge is 0.497 e. The van der Waals surface area contributed by atoms with Gasteiger partial charge in [-0.25, -0.2) is 9.79 Å². The molecule has 0 bridgehead atoms. The number of aromatic nitrogens is 1. The summed E-state index contributed by atoms with van der Waals surface area (Å²) in [5, 5.41) is 0. The fourth-order valence-corrected chi connectivity index (χ4v) is 4.75. The number of carbonyl (C=O) groups excluding carboxylic acids is 1. The standard InChI is InChI=1S/C25H24N2O4S/c1-5-31-24(29)21-16(3)26-25-27(22(21)18-10-12-19(30-4)13-11-18)23(28)20(32-25)14-17-8-6-15(2)7-9-17/h6-14,22H,5H2,1-4H3/t22-/m1/s1. The van der Waals surface area contributed by atoms with E-state index in [1.165, 1.54) is 11.3 Å². The number of nitrogens with zero attached hydrogens (tertiary/aromatic N) is 2. The van der Waals surface area contributed by atoms with Gasteiger partial charge in [0.15, 0.2) is 4.80 Å². The molecule has 0 radical (unpaired) electrons. The minimum absolute atomic E-state index is 0.190. The molecule has 1 aliphatic heterocycles. The molecular weight excluding hydrogens is 424 g/mol. The number of methoxy groups -OCH3 is 1. The summed E-state index contributed by atoms with van der Waals surface area (Å²) in [6.45, 7) is 5.79. The van der Waals surface area contributed by atoms with Crippen LogP contribution in [0.5, 0.6) is 5.75 Å². The third kappa shape index (κ3) is 4.03. The van der Waals surface area contributed by atoms with Crippen molar-refractivity contribution in [3.05, 3.63) is 96.2 Å². The Morgan fingerprint density at radius 3 is 2.44 bits per heavy atom. The number of carbonyl (C=O) groups is 1. The number of hydrogen-bond donors (Lipinski definition) is 0. The first kappa shape index (κ1) is 21.8. The predicted molar refractivity (Wildman–Crippen MR) is 125 cm³/mol. The number of esters is 1. The molecule has 1 atom stereocenters. The molecule has 0 saturated heterocycles. The molecule has 2 aromatic carbocycles. The van der Waals surface area contributed by atoms with E-state index in [0.717, 1.165) is 16.7 Å². The van der Waals surface area contributed by atoms with Crippen LogP contribution in [0.4, 0.5) is 0 Å².